The average molecular weight is 330 g/mol. The summed E-state index contributed by atoms with van der Waals surface area (Å²) in [5.74, 6) is 0.517. The number of nitrogens with one attached hydrogen (secondary N) is 1. The fraction of sp³-hybridized carbons (Fsp3) is 0.176. The van der Waals surface area contributed by atoms with E-state index in [2.05, 4.69) is 10.3 Å². The van der Waals surface area contributed by atoms with Gasteiger partial charge in [0.25, 0.3) is 0 Å². The number of nitrogens with zero attached hydrogens (tertiary/aromatic N) is 1. The minimum atomic E-state index is -0.347. The van der Waals surface area contributed by atoms with Gasteiger partial charge in [0.15, 0.2) is 0 Å². The Balaban J connectivity index is 1.71. The van der Waals surface area contributed by atoms with Crippen molar-refractivity contribution in [1.82, 2.24) is 4.98 Å². The number of amides is 1. The molecule has 0 saturated heterocycles. The number of benzene rings is 1. The summed E-state index contributed by atoms with van der Waals surface area (Å²) in [4.78, 5) is 17.4. The quantitative estimate of drug-likeness (QED) is 0.774. The molecule has 1 amide bonds. The number of oxazole rings is 1. The zero-order valence-electron chi connectivity index (χ0n) is 12.7. The van der Waals surface area contributed by atoms with E-state index < -0.39 is 0 Å². The molecule has 6 heteroatoms. The first kappa shape index (κ1) is 15.4. The summed E-state index contributed by atoms with van der Waals surface area (Å²) >= 11 is 1.52. The monoisotopic (exact) mass is 330 g/mol. The summed E-state index contributed by atoms with van der Waals surface area (Å²) in [5.41, 5.74) is 1.55. The molecule has 0 bridgehead atoms. The van der Waals surface area contributed by atoms with Crippen LogP contribution in [0, 0.1) is 19.7 Å². The van der Waals surface area contributed by atoms with Crippen molar-refractivity contribution in [3.63, 3.8) is 0 Å². The second-order valence-corrected chi connectivity index (χ2v) is 6.14. The fourth-order valence-electron chi connectivity index (χ4n) is 2.13. The van der Waals surface area contributed by atoms with Gasteiger partial charge in [0.2, 0.25) is 11.8 Å². The SMILES string of the molecule is Cc1ccc(NC(=O)Cc2nc(-c3cccs3)oc2C)cc1F. The lowest BCUT2D eigenvalue weighted by atomic mass is 10.2. The number of hydrogen-bond donors (Lipinski definition) is 1. The number of carbonyl (C=O) groups is 1. The van der Waals surface area contributed by atoms with Crippen molar-refractivity contribution in [2.45, 2.75) is 20.3 Å². The molecular formula is C17H15FN2O2S. The minimum absolute atomic E-state index is 0.0796. The number of anilines is 1. The van der Waals surface area contributed by atoms with Crippen LogP contribution in [0.25, 0.3) is 10.8 Å². The van der Waals surface area contributed by atoms with Gasteiger partial charge in [-0.15, -0.1) is 11.3 Å². The van der Waals surface area contributed by atoms with Crippen molar-refractivity contribution in [2.75, 3.05) is 5.32 Å². The van der Waals surface area contributed by atoms with Crippen molar-refractivity contribution in [3.05, 3.63) is 58.5 Å². The molecule has 0 fully saturated rings. The molecule has 0 aliphatic carbocycles. The molecular weight excluding hydrogens is 315 g/mol. The summed E-state index contributed by atoms with van der Waals surface area (Å²) in [5, 5.41) is 4.61. The highest BCUT2D eigenvalue weighted by molar-refractivity contribution is 7.13. The number of carbonyl (C=O) groups excluding carboxylic acids is 1. The van der Waals surface area contributed by atoms with E-state index in [9.17, 15) is 9.18 Å². The maximum atomic E-state index is 13.5. The third kappa shape index (κ3) is 3.48. The summed E-state index contributed by atoms with van der Waals surface area (Å²) in [6.45, 7) is 3.45. The number of rotatable bonds is 4. The Hall–Kier alpha value is -2.47. The van der Waals surface area contributed by atoms with Gasteiger partial charge in [-0.2, -0.15) is 0 Å². The fourth-order valence-corrected chi connectivity index (χ4v) is 2.77. The van der Waals surface area contributed by atoms with Gasteiger partial charge in [-0.3, -0.25) is 4.79 Å². The molecule has 2 aromatic heterocycles. The maximum Gasteiger partial charge on any atom is 0.236 e. The Morgan fingerprint density at radius 3 is 2.87 bits per heavy atom. The van der Waals surface area contributed by atoms with E-state index in [1.807, 2.05) is 17.5 Å². The number of hydrogen-bond acceptors (Lipinski definition) is 4. The molecule has 1 N–H and O–H groups in total. The first-order valence-electron chi connectivity index (χ1n) is 7.09. The number of thiophene rings is 1. The second kappa shape index (κ2) is 6.34. The highest BCUT2D eigenvalue weighted by Gasteiger charge is 2.15. The van der Waals surface area contributed by atoms with Crippen LogP contribution in [0.2, 0.25) is 0 Å². The van der Waals surface area contributed by atoms with Crippen LogP contribution in [0.4, 0.5) is 10.1 Å². The van der Waals surface area contributed by atoms with Crippen molar-refractivity contribution in [2.24, 2.45) is 0 Å². The first-order chi connectivity index (χ1) is 11.0. The zero-order chi connectivity index (χ0) is 16.4. The molecule has 118 valence electrons. The molecule has 2 heterocycles. The third-order valence-corrected chi connectivity index (χ3v) is 4.27. The Labute approximate surface area is 137 Å². The molecule has 23 heavy (non-hydrogen) atoms. The molecule has 0 spiro atoms. The van der Waals surface area contributed by atoms with Crippen molar-refractivity contribution >= 4 is 22.9 Å². The topological polar surface area (TPSA) is 55.1 Å². The molecule has 0 unspecified atom stereocenters. The van der Waals surface area contributed by atoms with E-state index >= 15 is 0 Å². The predicted molar refractivity (Wildman–Crippen MR) is 88.0 cm³/mol. The van der Waals surface area contributed by atoms with Crippen molar-refractivity contribution in [1.29, 1.82) is 0 Å². The third-order valence-electron chi connectivity index (χ3n) is 3.41. The van der Waals surface area contributed by atoms with Gasteiger partial charge in [-0.25, -0.2) is 9.37 Å². The highest BCUT2D eigenvalue weighted by Crippen LogP contribution is 2.26. The van der Waals surface area contributed by atoms with Crippen molar-refractivity contribution < 1.29 is 13.6 Å². The van der Waals surface area contributed by atoms with Crippen LogP contribution in [0.15, 0.2) is 40.1 Å². The smallest absolute Gasteiger partial charge is 0.236 e. The number of halogens is 1. The average Bonchev–Trinajstić information content (AvgIpc) is 3.13. The van der Waals surface area contributed by atoms with E-state index in [-0.39, 0.29) is 18.1 Å². The Kier molecular flexibility index (Phi) is 4.25. The van der Waals surface area contributed by atoms with Crippen LogP contribution < -0.4 is 5.32 Å². The Morgan fingerprint density at radius 2 is 2.17 bits per heavy atom. The minimum Gasteiger partial charge on any atom is -0.440 e. The molecule has 3 aromatic rings. The maximum absolute atomic E-state index is 13.5. The summed E-state index contributed by atoms with van der Waals surface area (Å²) in [6.07, 6.45) is 0.0796. The lowest BCUT2D eigenvalue weighted by molar-refractivity contribution is -0.115. The van der Waals surface area contributed by atoms with Gasteiger partial charge in [-0.1, -0.05) is 12.1 Å². The Morgan fingerprint density at radius 1 is 1.35 bits per heavy atom. The summed E-state index contributed by atoms with van der Waals surface area (Å²) < 4.78 is 19.1. The van der Waals surface area contributed by atoms with Gasteiger partial charge in [0.05, 0.1) is 17.0 Å². The number of aryl methyl sites for hydroxylation is 2. The Bertz CT molecular complexity index is 840. The predicted octanol–water partition coefficient (Wildman–Crippen LogP) is 4.34. The molecule has 1 aromatic carbocycles. The number of aromatic nitrogens is 1. The van der Waals surface area contributed by atoms with Gasteiger partial charge in [0.1, 0.15) is 11.6 Å². The lowest BCUT2D eigenvalue weighted by Crippen LogP contribution is -2.15. The van der Waals surface area contributed by atoms with Crippen molar-refractivity contribution in [3.8, 4) is 10.8 Å². The van der Waals surface area contributed by atoms with Gasteiger partial charge >= 0.3 is 0 Å². The molecule has 0 aliphatic heterocycles. The van der Waals surface area contributed by atoms with Crippen LogP contribution in [-0.4, -0.2) is 10.9 Å². The van der Waals surface area contributed by atoms with Crippen LogP contribution in [-0.2, 0) is 11.2 Å². The largest absolute Gasteiger partial charge is 0.440 e. The zero-order valence-corrected chi connectivity index (χ0v) is 13.5. The van der Waals surface area contributed by atoms with E-state index in [0.717, 1.165) is 4.88 Å². The van der Waals surface area contributed by atoms with E-state index in [1.165, 1.54) is 17.4 Å². The normalized spacial score (nSPS) is 10.7. The molecule has 4 nitrogen and oxygen atoms in total. The van der Waals surface area contributed by atoms with Gasteiger partial charge in [0, 0.05) is 5.69 Å². The van der Waals surface area contributed by atoms with Crippen LogP contribution in [0.3, 0.4) is 0 Å². The van der Waals surface area contributed by atoms with E-state index in [1.54, 1.807) is 26.0 Å². The lowest BCUT2D eigenvalue weighted by Gasteiger charge is -2.05. The van der Waals surface area contributed by atoms with Gasteiger partial charge < -0.3 is 9.73 Å². The first-order valence-corrected chi connectivity index (χ1v) is 7.97. The highest BCUT2D eigenvalue weighted by atomic mass is 32.1. The summed E-state index contributed by atoms with van der Waals surface area (Å²) in [7, 11) is 0. The van der Waals surface area contributed by atoms with E-state index in [0.29, 0.717) is 28.6 Å². The molecule has 0 aliphatic rings. The molecule has 0 saturated carbocycles. The van der Waals surface area contributed by atoms with Crippen LogP contribution in [0.1, 0.15) is 17.0 Å². The standard InChI is InChI=1S/C17H15FN2O2S/c1-10-5-6-12(8-13(10)18)19-16(21)9-14-11(2)22-17(20-14)15-4-3-7-23-15/h3-8H,9H2,1-2H3,(H,19,21). The summed E-state index contributed by atoms with van der Waals surface area (Å²) in [6, 6.07) is 8.43. The van der Waals surface area contributed by atoms with Gasteiger partial charge in [-0.05, 0) is 43.0 Å². The molecule has 3 rings (SSSR count). The van der Waals surface area contributed by atoms with Crippen LogP contribution >= 0.6 is 11.3 Å². The molecule has 0 radical (unpaired) electrons. The van der Waals surface area contributed by atoms with E-state index in [4.69, 9.17) is 4.42 Å². The van der Waals surface area contributed by atoms with Crippen LogP contribution in [0.5, 0.6) is 0 Å². The second-order valence-electron chi connectivity index (χ2n) is 5.19. The molecule has 0 atom stereocenters.